The highest BCUT2D eigenvalue weighted by molar-refractivity contribution is 5.94. The first kappa shape index (κ1) is 40.8. The fourth-order valence-electron chi connectivity index (χ4n) is 5.37. The largest absolute Gasteiger partial charge is 0.450 e. The number of esters is 3. The second kappa shape index (κ2) is 17.1. The predicted molar refractivity (Wildman–Crippen MR) is 167 cm³/mol. The SMILES string of the molecule is CC[C@H](C)[C@H]1C(=O)O[C@H](C(C)C)C(=O)N(C)[C@@H]([C@@H](C)O)C(=O)O[C@H](C(C)C)C(=O)N(C)[C@@H]([C@@H](C)O)C(=O)O[C@H](C(C)C)C(=O)N1C. The van der Waals surface area contributed by atoms with Gasteiger partial charge in [0.05, 0.1) is 12.2 Å². The molecule has 9 atom stereocenters. The lowest BCUT2D eigenvalue weighted by Crippen LogP contribution is -2.59. The molecule has 1 fully saturated rings. The fraction of sp³-hybridized carbons (Fsp3) is 0.812. The fourth-order valence-corrected chi connectivity index (χ4v) is 5.37. The number of amides is 3. The number of carbonyl (C=O) groups excluding carboxylic acids is 6. The summed E-state index contributed by atoms with van der Waals surface area (Å²) < 4.78 is 17.0. The highest BCUT2D eigenvalue weighted by atomic mass is 16.6. The van der Waals surface area contributed by atoms with Gasteiger partial charge in [-0.25, -0.2) is 14.4 Å². The van der Waals surface area contributed by atoms with E-state index in [9.17, 15) is 39.0 Å². The third-order valence-corrected chi connectivity index (χ3v) is 8.39. The summed E-state index contributed by atoms with van der Waals surface area (Å²) >= 11 is 0. The van der Waals surface area contributed by atoms with Gasteiger partial charge in [-0.15, -0.1) is 0 Å². The van der Waals surface area contributed by atoms with E-state index >= 15 is 0 Å². The molecule has 2 N–H and O–H groups in total. The van der Waals surface area contributed by atoms with Crippen LogP contribution in [-0.2, 0) is 43.0 Å². The Morgan fingerprint density at radius 3 is 0.978 bits per heavy atom. The smallest absolute Gasteiger partial charge is 0.332 e. The van der Waals surface area contributed by atoms with Crippen LogP contribution in [0.4, 0.5) is 0 Å². The number of likely N-dealkylation sites (N-methyl/N-ethyl adjacent to an activating group) is 3. The normalized spacial score (nSPS) is 29.0. The topological polar surface area (TPSA) is 180 Å². The van der Waals surface area contributed by atoms with E-state index in [-0.39, 0.29) is 0 Å². The van der Waals surface area contributed by atoms with Gasteiger partial charge >= 0.3 is 17.9 Å². The average Bonchev–Trinajstić information content (AvgIpc) is 2.94. The Morgan fingerprint density at radius 1 is 0.522 bits per heavy atom. The molecule has 1 heterocycles. The molecule has 14 heteroatoms. The van der Waals surface area contributed by atoms with Crippen LogP contribution in [0.1, 0.15) is 75.7 Å². The zero-order valence-electron chi connectivity index (χ0n) is 29.5. The van der Waals surface area contributed by atoms with Crippen LogP contribution >= 0.6 is 0 Å². The summed E-state index contributed by atoms with van der Waals surface area (Å²) in [6.45, 7) is 15.8. The lowest BCUT2D eigenvalue weighted by Gasteiger charge is -2.38. The van der Waals surface area contributed by atoms with Crippen molar-refractivity contribution in [3.8, 4) is 0 Å². The van der Waals surface area contributed by atoms with E-state index in [1.807, 2.05) is 6.92 Å². The van der Waals surface area contributed by atoms with Crippen LogP contribution in [0.25, 0.3) is 0 Å². The molecular formula is C32H55N3O11. The number of hydrogen-bond donors (Lipinski definition) is 2. The molecule has 0 spiro atoms. The molecule has 0 aromatic rings. The van der Waals surface area contributed by atoms with Crippen molar-refractivity contribution in [3.63, 3.8) is 0 Å². The summed E-state index contributed by atoms with van der Waals surface area (Å²) in [5.41, 5.74) is 0. The molecule has 0 aromatic carbocycles. The number of rotatable bonds is 7. The van der Waals surface area contributed by atoms with Crippen LogP contribution in [0.3, 0.4) is 0 Å². The van der Waals surface area contributed by atoms with Crippen LogP contribution in [0, 0.1) is 23.7 Å². The van der Waals surface area contributed by atoms with Crippen molar-refractivity contribution in [2.75, 3.05) is 21.1 Å². The molecule has 1 aliphatic rings. The van der Waals surface area contributed by atoms with Crippen LogP contribution in [0.2, 0.25) is 0 Å². The lowest BCUT2D eigenvalue weighted by atomic mass is 9.95. The van der Waals surface area contributed by atoms with E-state index in [2.05, 4.69) is 0 Å². The summed E-state index contributed by atoms with van der Waals surface area (Å²) in [5, 5.41) is 21.2. The first-order valence-electron chi connectivity index (χ1n) is 15.9. The van der Waals surface area contributed by atoms with Crippen molar-refractivity contribution < 1.29 is 53.2 Å². The molecule has 0 radical (unpaired) electrons. The van der Waals surface area contributed by atoms with Crippen molar-refractivity contribution in [1.29, 1.82) is 0 Å². The molecule has 0 unspecified atom stereocenters. The van der Waals surface area contributed by atoms with Crippen molar-refractivity contribution >= 4 is 35.6 Å². The van der Waals surface area contributed by atoms with Gasteiger partial charge < -0.3 is 39.1 Å². The number of ether oxygens (including phenoxy) is 3. The summed E-state index contributed by atoms with van der Waals surface area (Å²) in [6.07, 6.45) is -6.84. The van der Waals surface area contributed by atoms with E-state index in [0.29, 0.717) is 6.42 Å². The molecule has 46 heavy (non-hydrogen) atoms. The Hall–Kier alpha value is -3.26. The highest BCUT2D eigenvalue weighted by Crippen LogP contribution is 2.24. The Morgan fingerprint density at radius 2 is 0.761 bits per heavy atom. The van der Waals surface area contributed by atoms with Crippen molar-refractivity contribution in [2.45, 2.75) is 124 Å². The molecule has 1 rings (SSSR count). The highest BCUT2D eigenvalue weighted by Gasteiger charge is 2.46. The van der Waals surface area contributed by atoms with Gasteiger partial charge in [0.15, 0.2) is 30.4 Å². The number of carbonyl (C=O) groups is 6. The van der Waals surface area contributed by atoms with Gasteiger partial charge in [-0.3, -0.25) is 14.4 Å². The summed E-state index contributed by atoms with van der Waals surface area (Å²) in [6, 6.07) is -4.41. The summed E-state index contributed by atoms with van der Waals surface area (Å²) in [4.78, 5) is 85.2. The minimum atomic E-state index is -1.61. The number of aliphatic hydroxyl groups is 2. The van der Waals surface area contributed by atoms with E-state index in [4.69, 9.17) is 14.2 Å². The Balaban J connectivity index is 3.97. The maximum atomic E-state index is 13.9. The molecule has 264 valence electrons. The summed E-state index contributed by atoms with van der Waals surface area (Å²) in [5.74, 6) is -7.76. The van der Waals surface area contributed by atoms with Gasteiger partial charge in [-0.2, -0.15) is 0 Å². The zero-order chi connectivity index (χ0) is 36.0. The van der Waals surface area contributed by atoms with Gasteiger partial charge in [-0.1, -0.05) is 61.8 Å². The maximum Gasteiger partial charge on any atom is 0.332 e. The molecule has 1 aliphatic heterocycles. The third-order valence-electron chi connectivity index (χ3n) is 8.39. The first-order chi connectivity index (χ1) is 21.1. The maximum absolute atomic E-state index is 13.9. The second-order valence-electron chi connectivity index (χ2n) is 13.4. The first-order valence-corrected chi connectivity index (χ1v) is 15.9. The average molecular weight is 658 g/mol. The van der Waals surface area contributed by atoms with Crippen LogP contribution in [-0.4, -0.2) is 130 Å². The van der Waals surface area contributed by atoms with Gasteiger partial charge in [0, 0.05) is 21.1 Å². The Bertz CT molecular complexity index is 1090. The van der Waals surface area contributed by atoms with Crippen LogP contribution in [0.5, 0.6) is 0 Å². The van der Waals surface area contributed by atoms with Gasteiger partial charge in [-0.05, 0) is 37.5 Å². The standard InChI is InChI=1S/C32H55N3O11/c1-14-18(8)21-30(41)44-25(16(4)5)28(39)34(12)23(20(10)37)32(43)46-26(17(6)7)29(40)35(13)22(19(9)36)31(42)45-24(15(2)3)27(38)33(21)11/h15-26,36-37H,14H2,1-13H3/t18-,19+,20+,21-,22-,23-,24+,25+,26+/m0/s1. The van der Waals surface area contributed by atoms with Gasteiger partial charge in [0.2, 0.25) is 0 Å². The van der Waals surface area contributed by atoms with E-state index in [0.717, 1.165) is 14.7 Å². The number of cyclic esters (lactones) is 3. The molecule has 3 amide bonds. The number of aliphatic hydroxyl groups excluding tert-OH is 2. The molecule has 0 bridgehead atoms. The van der Waals surface area contributed by atoms with E-state index in [1.54, 1.807) is 48.5 Å². The van der Waals surface area contributed by atoms with Crippen LogP contribution < -0.4 is 0 Å². The zero-order valence-corrected chi connectivity index (χ0v) is 29.5. The molecule has 0 aliphatic carbocycles. The van der Waals surface area contributed by atoms with E-state index < -0.39 is 108 Å². The third kappa shape index (κ3) is 9.40. The second-order valence-corrected chi connectivity index (χ2v) is 13.4. The van der Waals surface area contributed by atoms with Crippen molar-refractivity contribution in [3.05, 3.63) is 0 Å². The monoisotopic (exact) mass is 657 g/mol. The van der Waals surface area contributed by atoms with Crippen molar-refractivity contribution in [2.24, 2.45) is 23.7 Å². The molecule has 1 saturated heterocycles. The quantitative estimate of drug-likeness (QED) is 0.295. The molecule has 0 aromatic heterocycles. The summed E-state index contributed by atoms with van der Waals surface area (Å²) in [7, 11) is 3.84. The minimum absolute atomic E-state index is 0.438. The number of nitrogens with zero attached hydrogens (tertiary/aromatic N) is 3. The van der Waals surface area contributed by atoms with Gasteiger partial charge in [0.1, 0.15) is 6.04 Å². The van der Waals surface area contributed by atoms with Crippen molar-refractivity contribution in [1.82, 2.24) is 14.7 Å². The lowest BCUT2D eigenvalue weighted by molar-refractivity contribution is -0.183. The molecule has 0 saturated carbocycles. The molecular weight excluding hydrogens is 602 g/mol. The van der Waals surface area contributed by atoms with Gasteiger partial charge in [0.25, 0.3) is 17.7 Å². The predicted octanol–water partition coefficient (Wildman–Crippen LogP) is 0.992. The Kier molecular flexibility index (Phi) is 15.1. The van der Waals surface area contributed by atoms with Crippen LogP contribution in [0.15, 0.2) is 0 Å². The number of hydrogen-bond acceptors (Lipinski definition) is 11. The van der Waals surface area contributed by atoms with E-state index in [1.165, 1.54) is 35.0 Å². The minimum Gasteiger partial charge on any atom is -0.450 e. The molecule has 14 nitrogen and oxygen atoms in total. The Labute approximate surface area is 272 Å².